The second-order valence-electron chi connectivity index (χ2n) is 4.94. The summed E-state index contributed by atoms with van der Waals surface area (Å²) in [4.78, 5) is 13.1. The maximum Gasteiger partial charge on any atom is 0.309 e. The minimum Gasteiger partial charge on any atom is -0.481 e. The van der Waals surface area contributed by atoms with Crippen molar-refractivity contribution in [1.29, 1.82) is 0 Å². The molecule has 1 N–H and O–H groups in total. The van der Waals surface area contributed by atoms with Crippen molar-refractivity contribution in [3.63, 3.8) is 0 Å². The Morgan fingerprint density at radius 3 is 2.29 bits per heavy atom. The molecule has 1 saturated heterocycles. The van der Waals surface area contributed by atoms with E-state index in [2.05, 4.69) is 0 Å². The van der Waals surface area contributed by atoms with Crippen molar-refractivity contribution < 1.29 is 18.3 Å². The van der Waals surface area contributed by atoms with Crippen molar-refractivity contribution in [3.05, 3.63) is 0 Å². The first kappa shape index (κ1) is 14.4. The van der Waals surface area contributed by atoms with E-state index in [0.717, 1.165) is 0 Å². The minimum atomic E-state index is -2.92. The number of carbonyl (C=O) groups is 1. The molecule has 0 amide bonds. The van der Waals surface area contributed by atoms with E-state index < -0.39 is 21.2 Å². The Morgan fingerprint density at radius 1 is 1.35 bits per heavy atom. The van der Waals surface area contributed by atoms with E-state index >= 15 is 0 Å². The molecular formula is C11H21NO4S. The average molecular weight is 263 g/mol. The zero-order valence-electron chi connectivity index (χ0n) is 10.5. The summed E-state index contributed by atoms with van der Waals surface area (Å²) in [6.45, 7) is 5.26. The number of carboxylic acid groups (broad SMARTS) is 1. The van der Waals surface area contributed by atoms with Gasteiger partial charge in [-0.1, -0.05) is 6.92 Å². The molecule has 0 aromatic rings. The third kappa shape index (κ3) is 3.96. The standard InChI is InChI=1S/C11H21NO4S/c1-3-17(15,16)9-8-12-6-4-11(2,5-7-12)10(13)14/h3-9H2,1-2H3,(H,13,14). The number of nitrogens with zero attached hydrogens (tertiary/aromatic N) is 1. The molecule has 0 aromatic carbocycles. The molecule has 0 aromatic heterocycles. The number of piperidine rings is 1. The summed E-state index contributed by atoms with van der Waals surface area (Å²) in [7, 11) is -2.92. The lowest BCUT2D eigenvalue weighted by Gasteiger charge is -2.36. The third-order valence-electron chi connectivity index (χ3n) is 3.63. The van der Waals surface area contributed by atoms with Crippen LogP contribution >= 0.6 is 0 Å². The second kappa shape index (κ2) is 5.35. The highest BCUT2D eigenvalue weighted by atomic mass is 32.2. The maximum absolute atomic E-state index is 11.4. The molecule has 0 aliphatic carbocycles. The molecule has 5 nitrogen and oxygen atoms in total. The first-order valence-corrected chi connectivity index (χ1v) is 7.77. The molecule has 1 rings (SSSR count). The number of likely N-dealkylation sites (tertiary alicyclic amines) is 1. The van der Waals surface area contributed by atoms with E-state index in [9.17, 15) is 13.2 Å². The van der Waals surface area contributed by atoms with Crippen LogP contribution in [-0.2, 0) is 14.6 Å². The zero-order chi connectivity index (χ0) is 13.1. The van der Waals surface area contributed by atoms with Gasteiger partial charge in [0.2, 0.25) is 0 Å². The van der Waals surface area contributed by atoms with Crippen molar-refractivity contribution in [3.8, 4) is 0 Å². The summed E-state index contributed by atoms with van der Waals surface area (Å²) in [6.07, 6.45) is 1.18. The molecule has 0 unspecified atom stereocenters. The van der Waals surface area contributed by atoms with Crippen LogP contribution in [0, 0.1) is 5.41 Å². The van der Waals surface area contributed by atoms with Gasteiger partial charge >= 0.3 is 5.97 Å². The Hall–Kier alpha value is -0.620. The first-order valence-electron chi connectivity index (χ1n) is 5.95. The van der Waals surface area contributed by atoms with E-state index in [1.807, 2.05) is 4.90 Å². The molecule has 0 bridgehead atoms. The van der Waals surface area contributed by atoms with Gasteiger partial charge < -0.3 is 10.0 Å². The van der Waals surface area contributed by atoms with E-state index in [0.29, 0.717) is 32.5 Å². The Balaban J connectivity index is 2.41. The first-order chi connectivity index (χ1) is 7.79. The fourth-order valence-corrected chi connectivity index (χ4v) is 2.72. The molecule has 17 heavy (non-hydrogen) atoms. The highest BCUT2D eigenvalue weighted by Gasteiger charge is 2.36. The van der Waals surface area contributed by atoms with Gasteiger partial charge in [-0.15, -0.1) is 0 Å². The topological polar surface area (TPSA) is 74.7 Å². The van der Waals surface area contributed by atoms with Crippen molar-refractivity contribution in [2.45, 2.75) is 26.7 Å². The summed E-state index contributed by atoms with van der Waals surface area (Å²) in [5.74, 6) is -0.403. The van der Waals surface area contributed by atoms with Gasteiger partial charge in [0, 0.05) is 12.3 Å². The van der Waals surface area contributed by atoms with Crippen LogP contribution in [0.25, 0.3) is 0 Å². The van der Waals surface area contributed by atoms with Gasteiger partial charge in [-0.3, -0.25) is 4.79 Å². The van der Waals surface area contributed by atoms with Crippen LogP contribution in [0.1, 0.15) is 26.7 Å². The smallest absolute Gasteiger partial charge is 0.309 e. The van der Waals surface area contributed by atoms with Crippen LogP contribution in [0.4, 0.5) is 0 Å². The summed E-state index contributed by atoms with van der Waals surface area (Å²) < 4.78 is 22.7. The fourth-order valence-electron chi connectivity index (χ4n) is 1.90. The third-order valence-corrected chi connectivity index (χ3v) is 5.32. The van der Waals surface area contributed by atoms with Crippen LogP contribution in [0.5, 0.6) is 0 Å². The molecule has 1 aliphatic rings. The number of aliphatic carboxylic acids is 1. The van der Waals surface area contributed by atoms with Gasteiger partial charge in [-0.2, -0.15) is 0 Å². The normalized spacial score (nSPS) is 21.3. The van der Waals surface area contributed by atoms with Gasteiger partial charge in [0.15, 0.2) is 9.84 Å². The monoisotopic (exact) mass is 263 g/mol. The second-order valence-corrected chi connectivity index (χ2v) is 7.42. The molecule has 1 aliphatic heterocycles. The fraction of sp³-hybridized carbons (Fsp3) is 0.909. The lowest BCUT2D eigenvalue weighted by atomic mass is 9.80. The molecule has 1 heterocycles. The van der Waals surface area contributed by atoms with Crippen LogP contribution in [0.3, 0.4) is 0 Å². The number of hydrogen-bond acceptors (Lipinski definition) is 4. The lowest BCUT2D eigenvalue weighted by molar-refractivity contribution is -0.150. The molecule has 0 saturated carbocycles. The van der Waals surface area contributed by atoms with Gasteiger partial charge in [-0.25, -0.2) is 8.42 Å². The molecule has 1 fully saturated rings. The number of sulfone groups is 1. The van der Waals surface area contributed by atoms with Crippen LogP contribution < -0.4 is 0 Å². The van der Waals surface area contributed by atoms with Gasteiger partial charge in [0.05, 0.1) is 11.2 Å². The molecule has 100 valence electrons. The quantitative estimate of drug-likeness (QED) is 0.786. The molecule has 6 heteroatoms. The highest BCUT2D eigenvalue weighted by molar-refractivity contribution is 7.91. The van der Waals surface area contributed by atoms with Crippen molar-refractivity contribution in [2.75, 3.05) is 31.1 Å². The van der Waals surface area contributed by atoms with E-state index in [4.69, 9.17) is 5.11 Å². The summed E-state index contributed by atoms with van der Waals surface area (Å²) in [6, 6.07) is 0. The van der Waals surface area contributed by atoms with E-state index in [1.165, 1.54) is 0 Å². The number of hydrogen-bond donors (Lipinski definition) is 1. The van der Waals surface area contributed by atoms with Crippen molar-refractivity contribution >= 4 is 15.8 Å². The maximum atomic E-state index is 11.4. The predicted octanol–water partition coefficient (Wildman–Crippen LogP) is 0.608. The minimum absolute atomic E-state index is 0.174. The number of rotatable bonds is 5. The van der Waals surface area contributed by atoms with Crippen LogP contribution in [0.15, 0.2) is 0 Å². The predicted molar refractivity (Wildman–Crippen MR) is 65.7 cm³/mol. The van der Waals surface area contributed by atoms with Crippen LogP contribution in [0.2, 0.25) is 0 Å². The van der Waals surface area contributed by atoms with Gasteiger partial charge in [0.25, 0.3) is 0 Å². The Morgan fingerprint density at radius 2 is 1.88 bits per heavy atom. The molecule has 0 spiro atoms. The van der Waals surface area contributed by atoms with E-state index in [-0.39, 0.29) is 11.5 Å². The largest absolute Gasteiger partial charge is 0.481 e. The van der Waals surface area contributed by atoms with Crippen molar-refractivity contribution in [1.82, 2.24) is 4.90 Å². The molecule has 0 radical (unpaired) electrons. The van der Waals surface area contributed by atoms with Gasteiger partial charge in [0.1, 0.15) is 0 Å². The zero-order valence-corrected chi connectivity index (χ0v) is 11.3. The van der Waals surface area contributed by atoms with Crippen molar-refractivity contribution in [2.24, 2.45) is 5.41 Å². The lowest BCUT2D eigenvalue weighted by Crippen LogP contribution is -2.44. The number of carboxylic acids is 1. The summed E-state index contributed by atoms with van der Waals surface area (Å²) >= 11 is 0. The SMILES string of the molecule is CCS(=O)(=O)CCN1CCC(C)(C(=O)O)CC1. The summed E-state index contributed by atoms with van der Waals surface area (Å²) in [5.41, 5.74) is -0.639. The molecule has 0 atom stereocenters. The van der Waals surface area contributed by atoms with Gasteiger partial charge in [-0.05, 0) is 32.9 Å². The Kier molecular flexibility index (Phi) is 4.55. The highest BCUT2D eigenvalue weighted by Crippen LogP contribution is 2.30. The Labute approximate surface area is 103 Å². The van der Waals surface area contributed by atoms with E-state index in [1.54, 1.807) is 13.8 Å². The average Bonchev–Trinajstić information content (AvgIpc) is 2.28. The molecular weight excluding hydrogens is 242 g/mol. The summed E-state index contributed by atoms with van der Waals surface area (Å²) in [5, 5.41) is 9.07. The van der Waals surface area contributed by atoms with Crippen LogP contribution in [-0.4, -0.2) is 55.5 Å². The Bertz CT molecular complexity index is 369.